The number of methoxy groups -OCH3 is 1. The van der Waals surface area contributed by atoms with Crippen LogP contribution in [0.4, 0.5) is 0 Å². The number of ether oxygens (including phenoxy) is 1. The molecule has 9 heteroatoms. The minimum atomic E-state index is -0.330. The van der Waals surface area contributed by atoms with Crippen molar-refractivity contribution in [2.45, 2.75) is 19.4 Å². The van der Waals surface area contributed by atoms with Crippen LogP contribution in [0, 0.1) is 5.41 Å². The summed E-state index contributed by atoms with van der Waals surface area (Å²) in [5, 5.41) is 3.35. The van der Waals surface area contributed by atoms with Crippen LogP contribution in [-0.2, 0) is 16.1 Å². The SMILES string of the molecule is COCC1(C(=O)N2CCN(Cc3ccc(Cl)s3)CC2)CCNCC1.Cl.Cl. The molecule has 3 rings (SSSR count). The Labute approximate surface area is 177 Å². The quantitative estimate of drug-likeness (QED) is 0.758. The summed E-state index contributed by atoms with van der Waals surface area (Å²) in [6, 6.07) is 4.04. The van der Waals surface area contributed by atoms with Crippen molar-refractivity contribution in [1.82, 2.24) is 15.1 Å². The first-order chi connectivity index (χ1) is 11.6. The van der Waals surface area contributed by atoms with Gasteiger partial charge in [-0.05, 0) is 38.1 Å². The largest absolute Gasteiger partial charge is 0.384 e. The fourth-order valence-corrected chi connectivity index (χ4v) is 4.83. The van der Waals surface area contributed by atoms with Crippen LogP contribution in [-0.4, -0.2) is 68.7 Å². The van der Waals surface area contributed by atoms with Crippen molar-refractivity contribution in [2.24, 2.45) is 5.41 Å². The van der Waals surface area contributed by atoms with E-state index in [0.717, 1.165) is 63.0 Å². The molecule has 150 valence electrons. The molecule has 0 atom stereocenters. The van der Waals surface area contributed by atoms with Gasteiger partial charge in [0.1, 0.15) is 0 Å². The van der Waals surface area contributed by atoms with E-state index in [0.29, 0.717) is 6.61 Å². The lowest BCUT2D eigenvalue weighted by Crippen LogP contribution is -2.56. The Hall–Kier alpha value is -0.0800. The normalized spacial score (nSPS) is 20.2. The summed E-state index contributed by atoms with van der Waals surface area (Å²) in [6.07, 6.45) is 1.74. The summed E-state index contributed by atoms with van der Waals surface area (Å²) in [4.78, 5) is 18.8. The van der Waals surface area contributed by atoms with Crippen molar-refractivity contribution in [3.63, 3.8) is 0 Å². The fraction of sp³-hybridized carbons (Fsp3) is 0.706. The maximum Gasteiger partial charge on any atom is 0.231 e. The highest BCUT2D eigenvalue weighted by Crippen LogP contribution is 2.32. The predicted octanol–water partition coefficient (Wildman–Crippen LogP) is 2.91. The van der Waals surface area contributed by atoms with Gasteiger partial charge in [-0.3, -0.25) is 9.69 Å². The van der Waals surface area contributed by atoms with Gasteiger partial charge in [0.25, 0.3) is 0 Å². The average molecular weight is 445 g/mol. The summed E-state index contributed by atoms with van der Waals surface area (Å²) in [5.41, 5.74) is -0.330. The van der Waals surface area contributed by atoms with Gasteiger partial charge in [0.05, 0.1) is 16.4 Å². The second-order valence-corrected chi connectivity index (χ2v) is 8.54. The summed E-state index contributed by atoms with van der Waals surface area (Å²) in [5.74, 6) is 0.282. The van der Waals surface area contributed by atoms with Gasteiger partial charge in [0.2, 0.25) is 5.91 Å². The molecule has 1 aromatic heterocycles. The monoisotopic (exact) mass is 443 g/mol. The van der Waals surface area contributed by atoms with Crippen LogP contribution in [0.15, 0.2) is 12.1 Å². The highest BCUT2D eigenvalue weighted by atomic mass is 35.5. The third-order valence-corrected chi connectivity index (χ3v) is 6.32. The van der Waals surface area contributed by atoms with Crippen LogP contribution in [0.2, 0.25) is 4.34 Å². The topological polar surface area (TPSA) is 44.8 Å². The average Bonchev–Trinajstić information content (AvgIpc) is 3.01. The van der Waals surface area contributed by atoms with Crippen molar-refractivity contribution in [3.05, 3.63) is 21.3 Å². The van der Waals surface area contributed by atoms with E-state index in [2.05, 4.69) is 16.3 Å². The van der Waals surface area contributed by atoms with Gasteiger partial charge in [0, 0.05) is 44.7 Å². The lowest BCUT2D eigenvalue weighted by atomic mass is 9.78. The summed E-state index contributed by atoms with van der Waals surface area (Å²) in [7, 11) is 1.70. The van der Waals surface area contributed by atoms with E-state index in [1.54, 1.807) is 18.4 Å². The van der Waals surface area contributed by atoms with Gasteiger partial charge in [-0.25, -0.2) is 0 Å². The van der Waals surface area contributed by atoms with E-state index in [9.17, 15) is 4.79 Å². The standard InChI is InChI=1S/C17H26ClN3O2S.2ClH/c1-23-13-17(4-6-19-7-5-17)16(22)21-10-8-20(9-11-21)12-14-2-3-15(18)24-14;;/h2-3,19H,4-13H2,1H3;2*1H. The van der Waals surface area contributed by atoms with Crippen LogP contribution >= 0.6 is 47.8 Å². The molecule has 0 aromatic carbocycles. The molecule has 0 bridgehead atoms. The predicted molar refractivity (Wildman–Crippen MR) is 112 cm³/mol. The van der Waals surface area contributed by atoms with Crippen molar-refractivity contribution >= 4 is 53.7 Å². The first kappa shape index (κ1) is 24.0. The highest BCUT2D eigenvalue weighted by Gasteiger charge is 2.42. The number of halogens is 3. The van der Waals surface area contributed by atoms with E-state index in [-0.39, 0.29) is 36.1 Å². The molecule has 1 aromatic rings. The third kappa shape index (κ3) is 5.71. The molecule has 0 saturated carbocycles. The molecule has 1 amide bonds. The smallest absolute Gasteiger partial charge is 0.231 e. The molecule has 5 nitrogen and oxygen atoms in total. The Morgan fingerprint density at radius 1 is 1.23 bits per heavy atom. The molecule has 3 heterocycles. The third-order valence-electron chi connectivity index (χ3n) is 5.10. The van der Waals surface area contributed by atoms with Gasteiger partial charge in [-0.1, -0.05) is 11.6 Å². The molecule has 2 aliphatic heterocycles. The zero-order valence-electron chi connectivity index (χ0n) is 15.0. The Morgan fingerprint density at radius 3 is 2.42 bits per heavy atom. The van der Waals surface area contributed by atoms with Crippen LogP contribution in [0.1, 0.15) is 17.7 Å². The minimum absolute atomic E-state index is 0. The number of carbonyl (C=O) groups is 1. The van der Waals surface area contributed by atoms with E-state index in [4.69, 9.17) is 16.3 Å². The molecule has 0 radical (unpaired) electrons. The Kier molecular flexibility index (Phi) is 10.2. The van der Waals surface area contributed by atoms with Crippen LogP contribution in [0.5, 0.6) is 0 Å². The number of nitrogens with one attached hydrogen (secondary N) is 1. The van der Waals surface area contributed by atoms with Gasteiger partial charge >= 0.3 is 0 Å². The lowest BCUT2D eigenvalue weighted by Gasteiger charge is -2.42. The maximum atomic E-state index is 13.1. The van der Waals surface area contributed by atoms with E-state index in [1.807, 2.05) is 11.0 Å². The summed E-state index contributed by atoms with van der Waals surface area (Å²) in [6.45, 7) is 6.69. The van der Waals surface area contributed by atoms with Crippen LogP contribution in [0.25, 0.3) is 0 Å². The zero-order valence-corrected chi connectivity index (χ0v) is 18.2. The van der Waals surface area contributed by atoms with E-state index >= 15 is 0 Å². The van der Waals surface area contributed by atoms with Gasteiger partial charge in [-0.15, -0.1) is 36.2 Å². The van der Waals surface area contributed by atoms with Crippen molar-refractivity contribution in [3.8, 4) is 0 Å². The summed E-state index contributed by atoms with van der Waals surface area (Å²) >= 11 is 7.64. The van der Waals surface area contributed by atoms with Crippen molar-refractivity contribution in [2.75, 3.05) is 53.0 Å². The molecule has 0 spiro atoms. The van der Waals surface area contributed by atoms with Crippen LogP contribution < -0.4 is 5.32 Å². The van der Waals surface area contributed by atoms with Crippen molar-refractivity contribution in [1.29, 1.82) is 0 Å². The van der Waals surface area contributed by atoms with Crippen LogP contribution in [0.3, 0.4) is 0 Å². The Morgan fingerprint density at radius 2 is 1.88 bits per heavy atom. The number of hydrogen-bond acceptors (Lipinski definition) is 5. The number of nitrogens with zero attached hydrogens (tertiary/aromatic N) is 2. The Balaban J connectivity index is 0.00000169. The molecule has 0 aliphatic carbocycles. The van der Waals surface area contributed by atoms with Gasteiger partial charge in [-0.2, -0.15) is 0 Å². The van der Waals surface area contributed by atoms with E-state index in [1.165, 1.54) is 4.88 Å². The number of thiophene rings is 1. The second kappa shape index (κ2) is 11.1. The Bertz CT molecular complexity index is 554. The first-order valence-corrected chi connectivity index (χ1v) is 9.78. The summed E-state index contributed by atoms with van der Waals surface area (Å²) < 4.78 is 6.24. The number of piperidine rings is 1. The number of rotatable bonds is 5. The van der Waals surface area contributed by atoms with Crippen molar-refractivity contribution < 1.29 is 9.53 Å². The zero-order chi connectivity index (χ0) is 17.0. The minimum Gasteiger partial charge on any atom is -0.384 e. The second-order valence-electron chi connectivity index (χ2n) is 6.74. The lowest BCUT2D eigenvalue weighted by molar-refractivity contribution is -0.149. The first-order valence-electron chi connectivity index (χ1n) is 8.59. The molecular formula is C17H28Cl3N3O2S. The number of hydrogen-bond donors (Lipinski definition) is 1. The fourth-order valence-electron chi connectivity index (χ4n) is 3.70. The van der Waals surface area contributed by atoms with Gasteiger partial charge in [0.15, 0.2) is 0 Å². The molecule has 0 unspecified atom stereocenters. The number of carbonyl (C=O) groups excluding carboxylic acids is 1. The number of amides is 1. The number of piperazine rings is 1. The maximum absolute atomic E-state index is 13.1. The molecular weight excluding hydrogens is 417 g/mol. The molecule has 26 heavy (non-hydrogen) atoms. The van der Waals surface area contributed by atoms with Gasteiger partial charge < -0.3 is 15.0 Å². The molecule has 1 N–H and O–H groups in total. The molecule has 2 saturated heterocycles. The molecule has 2 aliphatic rings. The highest BCUT2D eigenvalue weighted by molar-refractivity contribution is 7.16. The van der Waals surface area contributed by atoms with E-state index < -0.39 is 0 Å². The molecule has 2 fully saturated rings.